The van der Waals surface area contributed by atoms with Crippen molar-refractivity contribution in [2.75, 3.05) is 0 Å². The normalized spacial score (nSPS) is 11.8. The molecule has 0 spiro atoms. The van der Waals surface area contributed by atoms with Crippen LogP contribution >= 0.6 is 15.9 Å². The van der Waals surface area contributed by atoms with Crippen LogP contribution < -0.4 is 16.7 Å². The molecule has 27 heavy (non-hydrogen) atoms. The lowest BCUT2D eigenvalue weighted by Gasteiger charge is -2.06. The highest BCUT2D eigenvalue weighted by molar-refractivity contribution is 9.10. The second-order valence-corrected chi connectivity index (χ2v) is 6.91. The van der Waals surface area contributed by atoms with Gasteiger partial charge in [0.05, 0.1) is 12.0 Å². The SMILES string of the molecule is C/C(=N/NC(=O)Cn1cnc2c1c(=O)n(C)c(=O)n2C)c1cccc(Br)c1. The molecular formula is C17H17BrN6O3. The van der Waals surface area contributed by atoms with Crippen LogP contribution in [0, 0.1) is 0 Å². The molecule has 140 valence electrons. The van der Waals surface area contributed by atoms with Gasteiger partial charge in [0, 0.05) is 18.6 Å². The maximum Gasteiger partial charge on any atom is 0.332 e. The molecule has 0 saturated heterocycles. The maximum atomic E-state index is 12.4. The number of aryl methyl sites for hydroxylation is 1. The van der Waals surface area contributed by atoms with Crippen LogP contribution in [0.5, 0.6) is 0 Å². The number of hydrogen-bond donors (Lipinski definition) is 1. The minimum Gasteiger partial charge on any atom is -0.315 e. The molecule has 0 fully saturated rings. The molecule has 2 aromatic heterocycles. The van der Waals surface area contributed by atoms with Gasteiger partial charge < -0.3 is 4.57 Å². The summed E-state index contributed by atoms with van der Waals surface area (Å²) >= 11 is 3.39. The third-order valence-corrected chi connectivity index (χ3v) is 4.62. The molecule has 10 heteroatoms. The lowest BCUT2D eigenvalue weighted by atomic mass is 10.1. The smallest absolute Gasteiger partial charge is 0.315 e. The lowest BCUT2D eigenvalue weighted by molar-refractivity contribution is -0.121. The Hall–Kier alpha value is -3.01. The molecule has 0 saturated carbocycles. The van der Waals surface area contributed by atoms with Gasteiger partial charge in [0.1, 0.15) is 6.54 Å². The number of imidazole rings is 1. The third-order valence-electron chi connectivity index (χ3n) is 4.12. The first-order valence-electron chi connectivity index (χ1n) is 7.99. The zero-order valence-corrected chi connectivity index (χ0v) is 16.5. The molecule has 0 aliphatic heterocycles. The number of hydrazone groups is 1. The summed E-state index contributed by atoms with van der Waals surface area (Å²) in [4.78, 5) is 40.6. The van der Waals surface area contributed by atoms with Crippen molar-refractivity contribution in [2.45, 2.75) is 13.5 Å². The van der Waals surface area contributed by atoms with Gasteiger partial charge in [-0.3, -0.25) is 18.7 Å². The van der Waals surface area contributed by atoms with Gasteiger partial charge in [0.2, 0.25) is 0 Å². The van der Waals surface area contributed by atoms with Crippen molar-refractivity contribution < 1.29 is 4.79 Å². The van der Waals surface area contributed by atoms with Gasteiger partial charge in [0.25, 0.3) is 11.5 Å². The van der Waals surface area contributed by atoms with Gasteiger partial charge in [-0.05, 0) is 24.6 Å². The Bertz CT molecular complexity index is 1190. The number of carbonyl (C=O) groups excluding carboxylic acids is 1. The highest BCUT2D eigenvalue weighted by Crippen LogP contribution is 2.12. The van der Waals surface area contributed by atoms with E-state index in [-0.39, 0.29) is 17.7 Å². The Morgan fingerprint density at radius 3 is 2.70 bits per heavy atom. The van der Waals surface area contributed by atoms with Crippen LogP contribution in [0.1, 0.15) is 12.5 Å². The molecule has 1 N–H and O–H groups in total. The van der Waals surface area contributed by atoms with Crippen molar-refractivity contribution in [3.8, 4) is 0 Å². The molecule has 1 amide bonds. The molecule has 0 aliphatic carbocycles. The highest BCUT2D eigenvalue weighted by Gasteiger charge is 2.15. The van der Waals surface area contributed by atoms with E-state index in [4.69, 9.17) is 0 Å². The summed E-state index contributed by atoms with van der Waals surface area (Å²) in [5, 5.41) is 4.09. The van der Waals surface area contributed by atoms with Gasteiger partial charge in [-0.1, -0.05) is 28.1 Å². The highest BCUT2D eigenvalue weighted by atomic mass is 79.9. The zero-order chi connectivity index (χ0) is 19.7. The molecule has 3 aromatic rings. The molecule has 0 unspecified atom stereocenters. The number of fused-ring (bicyclic) bond motifs is 1. The molecule has 1 aromatic carbocycles. The van der Waals surface area contributed by atoms with Crippen molar-refractivity contribution in [3.63, 3.8) is 0 Å². The molecule has 0 atom stereocenters. The summed E-state index contributed by atoms with van der Waals surface area (Å²) in [6, 6.07) is 7.53. The van der Waals surface area contributed by atoms with Crippen molar-refractivity contribution in [1.29, 1.82) is 0 Å². The number of amides is 1. The fourth-order valence-corrected chi connectivity index (χ4v) is 3.03. The molecule has 2 heterocycles. The number of carbonyl (C=O) groups is 1. The summed E-state index contributed by atoms with van der Waals surface area (Å²) in [5.74, 6) is -0.417. The van der Waals surface area contributed by atoms with Crippen LogP contribution in [0.15, 0.2) is 49.8 Å². The molecule has 3 rings (SSSR count). The summed E-state index contributed by atoms with van der Waals surface area (Å²) in [6.07, 6.45) is 1.36. The molecular weight excluding hydrogens is 416 g/mol. The zero-order valence-electron chi connectivity index (χ0n) is 14.9. The number of halogens is 1. The van der Waals surface area contributed by atoms with E-state index >= 15 is 0 Å². The predicted molar refractivity (Wildman–Crippen MR) is 105 cm³/mol. The largest absolute Gasteiger partial charge is 0.332 e. The molecule has 9 nitrogen and oxygen atoms in total. The average Bonchev–Trinajstić information content (AvgIpc) is 3.06. The van der Waals surface area contributed by atoms with Gasteiger partial charge in [-0.25, -0.2) is 15.2 Å². The Balaban J connectivity index is 1.84. The number of nitrogens with zero attached hydrogens (tertiary/aromatic N) is 5. The van der Waals surface area contributed by atoms with Crippen molar-refractivity contribution in [2.24, 2.45) is 19.2 Å². The van der Waals surface area contributed by atoms with E-state index in [1.807, 2.05) is 24.3 Å². The molecule has 0 aliphatic rings. The first-order valence-corrected chi connectivity index (χ1v) is 8.79. The van der Waals surface area contributed by atoms with Crippen molar-refractivity contribution >= 4 is 38.7 Å². The Kier molecular flexibility index (Phi) is 5.08. The fourth-order valence-electron chi connectivity index (χ4n) is 2.63. The first kappa shape index (κ1) is 18.8. The van der Waals surface area contributed by atoms with Gasteiger partial charge in [-0.2, -0.15) is 5.10 Å². The molecule has 0 radical (unpaired) electrons. The summed E-state index contributed by atoms with van der Waals surface area (Å²) < 4.78 is 4.55. The number of aromatic nitrogens is 4. The molecule has 0 bridgehead atoms. The Morgan fingerprint density at radius 1 is 1.26 bits per heavy atom. The van der Waals surface area contributed by atoms with E-state index in [2.05, 4.69) is 31.4 Å². The maximum absolute atomic E-state index is 12.4. The second kappa shape index (κ2) is 7.31. The van der Waals surface area contributed by atoms with Gasteiger partial charge in [-0.15, -0.1) is 0 Å². The Morgan fingerprint density at radius 2 is 2.00 bits per heavy atom. The van der Waals surface area contributed by atoms with Crippen LogP contribution in [-0.4, -0.2) is 30.3 Å². The van der Waals surface area contributed by atoms with Crippen LogP contribution in [0.25, 0.3) is 11.2 Å². The van der Waals surface area contributed by atoms with E-state index < -0.39 is 17.2 Å². The monoisotopic (exact) mass is 432 g/mol. The third kappa shape index (κ3) is 3.61. The quantitative estimate of drug-likeness (QED) is 0.484. The van der Waals surface area contributed by atoms with E-state index in [9.17, 15) is 14.4 Å². The van der Waals surface area contributed by atoms with Gasteiger partial charge in [0.15, 0.2) is 11.2 Å². The van der Waals surface area contributed by atoms with E-state index in [1.54, 1.807) is 6.92 Å². The van der Waals surface area contributed by atoms with Crippen LogP contribution in [0.2, 0.25) is 0 Å². The minimum absolute atomic E-state index is 0.154. The van der Waals surface area contributed by atoms with Crippen molar-refractivity contribution in [1.82, 2.24) is 24.1 Å². The average molecular weight is 433 g/mol. The second-order valence-electron chi connectivity index (χ2n) is 5.99. The van der Waals surface area contributed by atoms with Crippen LogP contribution in [0.3, 0.4) is 0 Å². The number of rotatable bonds is 4. The van der Waals surface area contributed by atoms with E-state index in [0.717, 1.165) is 14.6 Å². The lowest BCUT2D eigenvalue weighted by Crippen LogP contribution is -2.38. The predicted octanol–water partition coefficient (Wildman–Crippen LogP) is 0.737. The number of nitrogens with one attached hydrogen (secondary N) is 1. The van der Waals surface area contributed by atoms with E-state index in [1.165, 1.54) is 29.6 Å². The number of benzene rings is 1. The summed E-state index contributed by atoms with van der Waals surface area (Å²) in [5.41, 5.74) is 3.40. The topological polar surface area (TPSA) is 103 Å². The summed E-state index contributed by atoms with van der Waals surface area (Å²) in [7, 11) is 2.90. The first-order chi connectivity index (χ1) is 12.8. The Labute approximate surface area is 162 Å². The van der Waals surface area contributed by atoms with Gasteiger partial charge >= 0.3 is 5.69 Å². The standard InChI is InChI=1S/C17H17BrN6O3/c1-10(11-5-4-6-12(18)7-11)20-21-13(25)8-24-9-19-15-14(24)16(26)23(3)17(27)22(15)2/h4-7,9H,8H2,1-3H3,(H,21,25)/b20-10-. The number of hydrogen-bond acceptors (Lipinski definition) is 5. The van der Waals surface area contributed by atoms with Crippen LogP contribution in [-0.2, 0) is 25.4 Å². The summed E-state index contributed by atoms with van der Waals surface area (Å²) in [6.45, 7) is 1.62. The minimum atomic E-state index is -0.507. The van der Waals surface area contributed by atoms with Crippen LogP contribution in [0.4, 0.5) is 0 Å². The van der Waals surface area contributed by atoms with E-state index in [0.29, 0.717) is 5.71 Å². The fraction of sp³-hybridized carbons (Fsp3) is 0.235. The van der Waals surface area contributed by atoms with Crippen molar-refractivity contribution in [3.05, 3.63) is 61.5 Å².